The number of aryl methyl sites for hydroxylation is 2. The number of hydrogen-bond donors (Lipinski definition) is 1. The summed E-state index contributed by atoms with van der Waals surface area (Å²) in [6.45, 7) is 3.15. The molecule has 0 amide bonds. The molecule has 2 aliphatic heterocycles. The number of benzene rings is 3. The van der Waals surface area contributed by atoms with Gasteiger partial charge in [0.1, 0.15) is 5.82 Å². The standard InChI is InChI=1S/C17H14FN.C16H23N3.C2H7N/c18-16-9-2-1-7-13(16)15-11-19-10-4-6-12-5-3-8-14(15)17(12)19;1-17(2)9-13-10-19-11-14(18(3)4)8-12-6-5-7-15(13)16(12)19;1-3-2/h1-3,5,7-9,11H,4,6,10H2;5-7,10,14H,8-9,11H2,1-4H3;3H,1-2H3. The first-order chi connectivity index (χ1) is 19.8. The van der Waals surface area contributed by atoms with Gasteiger partial charge in [-0.25, -0.2) is 4.39 Å². The van der Waals surface area contributed by atoms with E-state index in [0.29, 0.717) is 11.6 Å². The van der Waals surface area contributed by atoms with Gasteiger partial charge in [-0.3, -0.25) is 0 Å². The van der Waals surface area contributed by atoms with Crippen molar-refractivity contribution in [3.8, 4) is 11.1 Å². The summed E-state index contributed by atoms with van der Waals surface area (Å²) < 4.78 is 18.8. The van der Waals surface area contributed by atoms with Crippen molar-refractivity contribution in [2.75, 3.05) is 42.3 Å². The van der Waals surface area contributed by atoms with Gasteiger partial charge in [-0.15, -0.1) is 0 Å². The van der Waals surface area contributed by atoms with E-state index in [-0.39, 0.29) is 5.82 Å². The largest absolute Gasteiger partial charge is 0.347 e. The van der Waals surface area contributed by atoms with Gasteiger partial charge in [0.15, 0.2) is 0 Å². The summed E-state index contributed by atoms with van der Waals surface area (Å²) in [5, 5.41) is 5.35. The van der Waals surface area contributed by atoms with E-state index in [1.165, 1.54) is 44.6 Å². The lowest BCUT2D eigenvalue weighted by Gasteiger charge is -2.29. The zero-order valence-electron chi connectivity index (χ0n) is 25.4. The molecule has 7 rings (SSSR count). The molecule has 4 heterocycles. The van der Waals surface area contributed by atoms with Crippen molar-refractivity contribution in [2.24, 2.45) is 0 Å². The van der Waals surface area contributed by atoms with Crippen LogP contribution in [0.2, 0.25) is 0 Å². The van der Waals surface area contributed by atoms with Crippen LogP contribution >= 0.6 is 0 Å². The highest BCUT2D eigenvalue weighted by atomic mass is 19.1. The fraction of sp³-hybridized carbons (Fsp3) is 0.371. The monoisotopic (exact) mass is 553 g/mol. The third kappa shape index (κ3) is 5.96. The van der Waals surface area contributed by atoms with E-state index >= 15 is 0 Å². The second-order valence-corrected chi connectivity index (χ2v) is 11.8. The van der Waals surface area contributed by atoms with Crippen LogP contribution in [0.3, 0.4) is 0 Å². The summed E-state index contributed by atoms with van der Waals surface area (Å²) in [5.41, 5.74) is 8.77. The quantitative estimate of drug-likeness (QED) is 0.279. The van der Waals surface area contributed by atoms with Crippen molar-refractivity contribution in [3.05, 3.63) is 95.6 Å². The van der Waals surface area contributed by atoms with Gasteiger partial charge < -0.3 is 24.3 Å². The van der Waals surface area contributed by atoms with Crippen molar-refractivity contribution in [1.29, 1.82) is 0 Å². The number of aromatic nitrogens is 2. The fourth-order valence-electron chi connectivity index (χ4n) is 6.33. The molecule has 0 aliphatic carbocycles. The molecule has 216 valence electrons. The second kappa shape index (κ2) is 12.6. The van der Waals surface area contributed by atoms with E-state index in [1.807, 2.05) is 26.2 Å². The zero-order valence-corrected chi connectivity index (χ0v) is 25.4. The highest BCUT2D eigenvalue weighted by molar-refractivity contribution is 5.98. The van der Waals surface area contributed by atoms with Gasteiger partial charge in [-0.1, -0.05) is 54.6 Å². The molecule has 1 N–H and O–H groups in total. The first-order valence-corrected chi connectivity index (χ1v) is 14.7. The van der Waals surface area contributed by atoms with Crippen LogP contribution in [0.4, 0.5) is 4.39 Å². The highest BCUT2D eigenvalue weighted by Gasteiger charge is 2.23. The van der Waals surface area contributed by atoms with Crippen molar-refractivity contribution in [3.63, 3.8) is 0 Å². The van der Waals surface area contributed by atoms with Gasteiger partial charge in [0.05, 0.1) is 11.0 Å². The number of halogens is 1. The fourth-order valence-corrected chi connectivity index (χ4v) is 6.33. The topological polar surface area (TPSA) is 28.4 Å². The first kappa shape index (κ1) is 29.1. The Kier molecular flexibility index (Phi) is 8.93. The average molecular weight is 554 g/mol. The van der Waals surface area contributed by atoms with Crippen molar-refractivity contribution in [1.82, 2.24) is 24.3 Å². The molecule has 0 saturated carbocycles. The number of nitrogens with one attached hydrogen (secondary N) is 1. The maximum atomic E-state index is 14.0. The summed E-state index contributed by atoms with van der Waals surface area (Å²) in [7, 11) is 12.4. The summed E-state index contributed by atoms with van der Waals surface area (Å²) in [6, 6.07) is 20.8. The Morgan fingerprint density at radius 2 is 1.49 bits per heavy atom. The first-order valence-electron chi connectivity index (χ1n) is 14.7. The van der Waals surface area contributed by atoms with Crippen LogP contribution in [0.1, 0.15) is 23.1 Å². The summed E-state index contributed by atoms with van der Waals surface area (Å²) in [5.74, 6) is -0.147. The lowest BCUT2D eigenvalue weighted by Crippen LogP contribution is -2.36. The molecule has 0 saturated heterocycles. The van der Waals surface area contributed by atoms with Crippen molar-refractivity contribution >= 4 is 21.8 Å². The molecular formula is C35H44FN5. The summed E-state index contributed by atoms with van der Waals surface area (Å²) in [6.07, 6.45) is 7.90. The van der Waals surface area contributed by atoms with Crippen LogP contribution in [0.5, 0.6) is 0 Å². The number of hydrogen-bond acceptors (Lipinski definition) is 3. The van der Waals surface area contributed by atoms with Gasteiger partial charge in [0, 0.05) is 60.0 Å². The molecule has 1 atom stereocenters. The van der Waals surface area contributed by atoms with Crippen LogP contribution < -0.4 is 5.32 Å². The SMILES string of the molecule is CN(C)Cc1cn2c3c(cccc13)CC(N(C)C)C2.CNC.Fc1ccccc1-c1cn2c3c(cccc13)CCC2. The second-order valence-electron chi connectivity index (χ2n) is 11.8. The number of para-hydroxylation sites is 2. The molecule has 5 nitrogen and oxygen atoms in total. The third-order valence-electron chi connectivity index (χ3n) is 8.14. The van der Waals surface area contributed by atoms with Gasteiger partial charge in [-0.05, 0) is 84.3 Å². The zero-order chi connectivity index (χ0) is 29.1. The minimum Gasteiger partial charge on any atom is -0.347 e. The molecule has 0 radical (unpaired) electrons. The van der Waals surface area contributed by atoms with E-state index in [4.69, 9.17) is 0 Å². The molecule has 5 aromatic rings. The molecular weight excluding hydrogens is 509 g/mol. The molecule has 41 heavy (non-hydrogen) atoms. The molecule has 6 heteroatoms. The number of rotatable bonds is 4. The lowest BCUT2D eigenvalue weighted by molar-refractivity contribution is 0.258. The molecule has 3 aromatic carbocycles. The van der Waals surface area contributed by atoms with Crippen LogP contribution in [0.15, 0.2) is 73.1 Å². The van der Waals surface area contributed by atoms with Crippen molar-refractivity contribution in [2.45, 2.75) is 44.9 Å². The summed E-state index contributed by atoms with van der Waals surface area (Å²) >= 11 is 0. The minimum absolute atomic E-state index is 0.147. The van der Waals surface area contributed by atoms with E-state index in [1.54, 1.807) is 6.07 Å². The maximum Gasteiger partial charge on any atom is 0.131 e. The van der Waals surface area contributed by atoms with Crippen LogP contribution in [0.25, 0.3) is 32.9 Å². The molecule has 0 bridgehead atoms. The van der Waals surface area contributed by atoms with Gasteiger partial charge in [0.25, 0.3) is 0 Å². The Bertz CT molecular complexity index is 1630. The Morgan fingerprint density at radius 1 is 0.805 bits per heavy atom. The molecule has 2 aromatic heterocycles. The maximum absolute atomic E-state index is 14.0. The van der Waals surface area contributed by atoms with Crippen LogP contribution in [0, 0.1) is 5.82 Å². The van der Waals surface area contributed by atoms with Crippen molar-refractivity contribution < 1.29 is 4.39 Å². The molecule has 1 unspecified atom stereocenters. The van der Waals surface area contributed by atoms with E-state index < -0.39 is 0 Å². The van der Waals surface area contributed by atoms with Crippen LogP contribution in [-0.2, 0) is 32.5 Å². The van der Waals surface area contributed by atoms with E-state index in [2.05, 4.69) is 101 Å². The summed E-state index contributed by atoms with van der Waals surface area (Å²) in [4.78, 5) is 4.58. The Labute approximate surface area is 244 Å². The highest BCUT2D eigenvalue weighted by Crippen LogP contribution is 2.36. The smallest absolute Gasteiger partial charge is 0.131 e. The predicted molar refractivity (Wildman–Crippen MR) is 171 cm³/mol. The minimum atomic E-state index is -0.147. The van der Waals surface area contributed by atoms with E-state index in [0.717, 1.165) is 44.5 Å². The third-order valence-corrected chi connectivity index (χ3v) is 8.14. The normalized spacial score (nSPS) is 15.6. The van der Waals surface area contributed by atoms with E-state index in [9.17, 15) is 4.39 Å². The van der Waals surface area contributed by atoms with Gasteiger partial charge in [-0.2, -0.15) is 0 Å². The van der Waals surface area contributed by atoms with Gasteiger partial charge >= 0.3 is 0 Å². The number of likely N-dealkylation sites (N-methyl/N-ethyl adjacent to an activating group) is 1. The molecule has 2 aliphatic rings. The lowest BCUT2D eigenvalue weighted by atomic mass is 9.98. The Balaban J connectivity index is 0.000000151. The Morgan fingerprint density at radius 3 is 2.20 bits per heavy atom. The predicted octanol–water partition coefficient (Wildman–Crippen LogP) is 6.42. The molecule has 0 spiro atoms. The average Bonchev–Trinajstić information content (AvgIpc) is 3.50. The number of nitrogens with zero attached hydrogens (tertiary/aromatic N) is 4. The molecule has 0 fully saturated rings. The van der Waals surface area contributed by atoms with Crippen LogP contribution in [-0.4, -0.2) is 67.3 Å². The Hall–Kier alpha value is -3.45. The van der Waals surface area contributed by atoms with Gasteiger partial charge in [0.2, 0.25) is 0 Å².